The highest BCUT2D eigenvalue weighted by atomic mass is 16.4. The zero-order valence-corrected chi connectivity index (χ0v) is 11.8. The summed E-state index contributed by atoms with van der Waals surface area (Å²) in [5, 5.41) is 8.99. The largest absolute Gasteiger partial charge is 0.481 e. The molecule has 0 radical (unpaired) electrons. The number of amides is 1. The Morgan fingerprint density at radius 3 is 2.11 bits per heavy atom. The van der Waals surface area contributed by atoms with Crippen LogP contribution in [0.1, 0.15) is 58.3 Å². The van der Waals surface area contributed by atoms with Crippen molar-refractivity contribution in [1.29, 1.82) is 0 Å². The molecule has 108 valence electrons. The Morgan fingerprint density at radius 2 is 1.63 bits per heavy atom. The van der Waals surface area contributed by atoms with Crippen molar-refractivity contribution < 1.29 is 14.7 Å². The molecule has 0 aromatic heterocycles. The summed E-state index contributed by atoms with van der Waals surface area (Å²) < 4.78 is 0. The van der Waals surface area contributed by atoms with E-state index in [1.54, 1.807) is 0 Å². The molecule has 2 aliphatic carbocycles. The van der Waals surface area contributed by atoms with Crippen molar-refractivity contribution >= 4 is 11.9 Å². The van der Waals surface area contributed by atoms with Crippen molar-refractivity contribution in [3.05, 3.63) is 0 Å². The molecule has 2 aliphatic rings. The second-order valence-electron chi connectivity index (χ2n) is 6.00. The lowest BCUT2D eigenvalue weighted by molar-refractivity contribution is -0.145. The molecule has 0 saturated heterocycles. The van der Waals surface area contributed by atoms with E-state index in [1.165, 1.54) is 0 Å². The minimum absolute atomic E-state index is 0.0769. The van der Waals surface area contributed by atoms with Gasteiger partial charge >= 0.3 is 5.97 Å². The van der Waals surface area contributed by atoms with Gasteiger partial charge in [0, 0.05) is 18.5 Å². The quantitative estimate of drug-likeness (QED) is 0.805. The molecule has 4 nitrogen and oxygen atoms in total. The van der Waals surface area contributed by atoms with E-state index in [0.717, 1.165) is 45.1 Å². The molecule has 19 heavy (non-hydrogen) atoms. The predicted octanol–water partition coefficient (Wildman–Crippen LogP) is 2.67. The first kappa shape index (κ1) is 14.4. The fourth-order valence-electron chi connectivity index (χ4n) is 3.01. The number of carboxylic acid groups (broad SMARTS) is 1. The summed E-state index contributed by atoms with van der Waals surface area (Å²) in [7, 11) is 0. The predicted molar refractivity (Wildman–Crippen MR) is 72.7 cm³/mol. The van der Waals surface area contributed by atoms with E-state index in [0.29, 0.717) is 24.8 Å². The van der Waals surface area contributed by atoms with Gasteiger partial charge in [0.15, 0.2) is 0 Å². The van der Waals surface area contributed by atoms with Crippen LogP contribution in [0, 0.1) is 11.8 Å². The number of carbonyl (C=O) groups excluding carboxylic acids is 1. The third-order valence-electron chi connectivity index (χ3n) is 4.45. The van der Waals surface area contributed by atoms with Crippen LogP contribution in [0.4, 0.5) is 0 Å². The molecular weight excluding hydrogens is 242 g/mol. The number of unbranched alkanes of at least 4 members (excludes halogenated alkanes) is 1. The lowest BCUT2D eigenvalue weighted by Gasteiger charge is -2.31. The standard InChI is InChI=1S/C15H25NO3/c1-2-3-10-16(13-8-9-13)14(17)11-4-6-12(7-5-11)15(18)19/h11-13H,2-10H2,1H3,(H,18,19). The average Bonchev–Trinajstić information content (AvgIpc) is 3.23. The Hall–Kier alpha value is -1.06. The maximum atomic E-state index is 12.5. The van der Waals surface area contributed by atoms with Crippen molar-refractivity contribution in [3.63, 3.8) is 0 Å². The lowest BCUT2D eigenvalue weighted by atomic mass is 9.81. The number of hydrogen-bond donors (Lipinski definition) is 1. The van der Waals surface area contributed by atoms with E-state index in [9.17, 15) is 9.59 Å². The summed E-state index contributed by atoms with van der Waals surface area (Å²) in [6.45, 7) is 3.03. The van der Waals surface area contributed by atoms with Gasteiger partial charge < -0.3 is 10.0 Å². The Morgan fingerprint density at radius 1 is 1.05 bits per heavy atom. The molecule has 0 aromatic rings. The SMILES string of the molecule is CCCCN(C(=O)C1CCC(C(=O)O)CC1)C1CC1. The van der Waals surface area contributed by atoms with E-state index in [-0.39, 0.29) is 11.8 Å². The van der Waals surface area contributed by atoms with Crippen molar-refractivity contribution in [2.45, 2.75) is 64.3 Å². The Balaban J connectivity index is 1.86. The number of nitrogens with zero attached hydrogens (tertiary/aromatic N) is 1. The van der Waals surface area contributed by atoms with Crippen LogP contribution in [0.25, 0.3) is 0 Å². The molecule has 0 bridgehead atoms. The Labute approximate surface area is 115 Å². The molecule has 1 N–H and O–H groups in total. The highest BCUT2D eigenvalue weighted by Crippen LogP contribution is 2.34. The van der Waals surface area contributed by atoms with Gasteiger partial charge in [-0.3, -0.25) is 9.59 Å². The minimum atomic E-state index is -0.698. The maximum Gasteiger partial charge on any atom is 0.306 e. The van der Waals surface area contributed by atoms with E-state index in [4.69, 9.17) is 5.11 Å². The first-order valence-corrected chi connectivity index (χ1v) is 7.66. The van der Waals surface area contributed by atoms with Gasteiger partial charge in [0.1, 0.15) is 0 Å². The summed E-state index contributed by atoms with van der Waals surface area (Å²) in [5.74, 6) is -0.558. The van der Waals surface area contributed by atoms with E-state index in [2.05, 4.69) is 11.8 Å². The van der Waals surface area contributed by atoms with Gasteiger partial charge in [-0.05, 0) is 44.9 Å². The average molecular weight is 267 g/mol. The molecular formula is C15H25NO3. The second-order valence-corrected chi connectivity index (χ2v) is 6.00. The van der Waals surface area contributed by atoms with Gasteiger partial charge in [-0.1, -0.05) is 13.3 Å². The normalized spacial score (nSPS) is 27.0. The van der Waals surface area contributed by atoms with Crippen molar-refractivity contribution in [3.8, 4) is 0 Å². The van der Waals surface area contributed by atoms with Crippen molar-refractivity contribution in [2.24, 2.45) is 11.8 Å². The molecule has 2 rings (SSSR count). The number of carbonyl (C=O) groups is 2. The topological polar surface area (TPSA) is 57.6 Å². The van der Waals surface area contributed by atoms with Crippen LogP contribution in [-0.2, 0) is 9.59 Å². The summed E-state index contributed by atoms with van der Waals surface area (Å²) >= 11 is 0. The molecule has 0 aromatic carbocycles. The van der Waals surface area contributed by atoms with Gasteiger partial charge in [-0.15, -0.1) is 0 Å². The summed E-state index contributed by atoms with van der Waals surface area (Å²) in [6, 6.07) is 0.483. The van der Waals surface area contributed by atoms with Crippen molar-refractivity contribution in [2.75, 3.05) is 6.54 Å². The smallest absolute Gasteiger partial charge is 0.306 e. The third kappa shape index (κ3) is 3.71. The molecule has 0 unspecified atom stereocenters. The van der Waals surface area contributed by atoms with Gasteiger partial charge in [0.05, 0.1) is 5.92 Å². The monoisotopic (exact) mass is 267 g/mol. The summed E-state index contributed by atoms with van der Waals surface area (Å²) in [4.78, 5) is 25.5. The van der Waals surface area contributed by atoms with Crippen LogP contribution in [0.3, 0.4) is 0 Å². The number of rotatable bonds is 6. The molecule has 0 heterocycles. The van der Waals surface area contributed by atoms with Gasteiger partial charge in [0.2, 0.25) is 5.91 Å². The lowest BCUT2D eigenvalue weighted by Crippen LogP contribution is -2.40. The third-order valence-corrected chi connectivity index (χ3v) is 4.45. The Kier molecular flexibility index (Phi) is 4.83. The molecule has 0 atom stereocenters. The molecule has 2 fully saturated rings. The van der Waals surface area contributed by atoms with Crippen LogP contribution in [0.2, 0.25) is 0 Å². The highest BCUT2D eigenvalue weighted by molar-refractivity contribution is 5.80. The number of carboxylic acids is 1. The number of hydrogen-bond acceptors (Lipinski definition) is 2. The zero-order chi connectivity index (χ0) is 13.8. The summed E-state index contributed by atoms with van der Waals surface area (Å²) in [6.07, 6.45) is 7.33. The van der Waals surface area contributed by atoms with Gasteiger partial charge in [-0.2, -0.15) is 0 Å². The minimum Gasteiger partial charge on any atom is -0.481 e. The van der Waals surface area contributed by atoms with E-state index >= 15 is 0 Å². The van der Waals surface area contributed by atoms with Crippen LogP contribution in [0.15, 0.2) is 0 Å². The molecule has 4 heteroatoms. The van der Waals surface area contributed by atoms with Crippen molar-refractivity contribution in [1.82, 2.24) is 4.90 Å². The van der Waals surface area contributed by atoms with Gasteiger partial charge in [-0.25, -0.2) is 0 Å². The number of aliphatic carboxylic acids is 1. The molecule has 1 amide bonds. The van der Waals surface area contributed by atoms with E-state index in [1.807, 2.05) is 0 Å². The molecule has 0 spiro atoms. The first-order valence-electron chi connectivity index (χ1n) is 7.66. The van der Waals surface area contributed by atoms with Crippen LogP contribution in [0.5, 0.6) is 0 Å². The molecule has 0 aliphatic heterocycles. The highest BCUT2D eigenvalue weighted by Gasteiger charge is 2.37. The summed E-state index contributed by atoms with van der Waals surface area (Å²) in [5.41, 5.74) is 0. The zero-order valence-electron chi connectivity index (χ0n) is 11.8. The second kappa shape index (κ2) is 6.40. The fraction of sp³-hybridized carbons (Fsp3) is 0.867. The van der Waals surface area contributed by atoms with E-state index < -0.39 is 5.97 Å². The first-order chi connectivity index (χ1) is 9.13. The maximum absolute atomic E-state index is 12.5. The van der Waals surface area contributed by atoms with Crippen LogP contribution >= 0.6 is 0 Å². The Bertz CT molecular complexity index is 330. The van der Waals surface area contributed by atoms with Gasteiger partial charge in [0.25, 0.3) is 0 Å². The molecule has 2 saturated carbocycles. The fourth-order valence-corrected chi connectivity index (χ4v) is 3.01. The van der Waals surface area contributed by atoms with Crippen LogP contribution in [-0.4, -0.2) is 34.5 Å². The van der Waals surface area contributed by atoms with Crippen LogP contribution < -0.4 is 0 Å².